The lowest BCUT2D eigenvalue weighted by Crippen LogP contribution is -2.21. The van der Waals surface area contributed by atoms with Crippen molar-refractivity contribution in [1.82, 2.24) is 0 Å². The molecule has 2 heteroatoms. The maximum absolute atomic E-state index is 10.7. The molecule has 3 rings (SSSR count). The van der Waals surface area contributed by atoms with Gasteiger partial charge in [-0.05, 0) is 43.2 Å². The van der Waals surface area contributed by atoms with Crippen LogP contribution in [0.2, 0.25) is 0 Å². The van der Waals surface area contributed by atoms with Crippen molar-refractivity contribution in [3.05, 3.63) is 35.6 Å². The molecule has 1 fully saturated rings. The van der Waals surface area contributed by atoms with E-state index in [0.717, 1.165) is 41.1 Å². The third kappa shape index (κ3) is 2.49. The molecule has 1 aliphatic carbocycles. The van der Waals surface area contributed by atoms with E-state index in [0.29, 0.717) is 5.92 Å². The van der Waals surface area contributed by atoms with Crippen molar-refractivity contribution in [3.63, 3.8) is 0 Å². The average molecular weight is 272 g/mol. The minimum absolute atomic E-state index is 0.356. The van der Waals surface area contributed by atoms with E-state index in [1.165, 1.54) is 19.3 Å². The molecule has 0 bridgehead atoms. The summed E-state index contributed by atoms with van der Waals surface area (Å²) in [6, 6.07) is 8.16. The van der Waals surface area contributed by atoms with Gasteiger partial charge in [0.1, 0.15) is 17.4 Å². The van der Waals surface area contributed by atoms with Gasteiger partial charge in [0, 0.05) is 5.39 Å². The molecule has 1 saturated carbocycles. The molecule has 20 heavy (non-hydrogen) atoms. The van der Waals surface area contributed by atoms with Gasteiger partial charge in [-0.1, -0.05) is 44.4 Å². The molecule has 1 aromatic carbocycles. The first-order chi connectivity index (χ1) is 9.69. The summed E-state index contributed by atoms with van der Waals surface area (Å²) in [4.78, 5) is 0. The molecule has 0 radical (unpaired) electrons. The van der Waals surface area contributed by atoms with Crippen LogP contribution in [0.3, 0.4) is 0 Å². The lowest BCUT2D eigenvalue weighted by atomic mass is 9.77. The van der Waals surface area contributed by atoms with Gasteiger partial charge in [-0.2, -0.15) is 0 Å². The maximum atomic E-state index is 10.7. The third-order valence-electron chi connectivity index (χ3n) is 4.90. The molecule has 3 atom stereocenters. The van der Waals surface area contributed by atoms with Gasteiger partial charge in [-0.3, -0.25) is 0 Å². The topological polar surface area (TPSA) is 33.4 Å². The molecule has 2 nitrogen and oxygen atoms in total. The molecular weight excluding hydrogens is 248 g/mol. The zero-order valence-corrected chi connectivity index (χ0v) is 12.4. The van der Waals surface area contributed by atoms with Crippen molar-refractivity contribution in [2.45, 2.75) is 52.1 Å². The Morgan fingerprint density at radius 1 is 1.35 bits per heavy atom. The minimum Gasteiger partial charge on any atom is -0.458 e. The molecule has 1 N–H and O–H groups in total. The zero-order valence-electron chi connectivity index (χ0n) is 12.4. The third-order valence-corrected chi connectivity index (χ3v) is 4.90. The number of benzene rings is 1. The van der Waals surface area contributed by atoms with Gasteiger partial charge in [0.05, 0.1) is 0 Å². The van der Waals surface area contributed by atoms with Crippen LogP contribution in [0.4, 0.5) is 0 Å². The number of hydrogen-bond donors (Lipinski definition) is 1. The van der Waals surface area contributed by atoms with Crippen LogP contribution in [0, 0.1) is 18.8 Å². The summed E-state index contributed by atoms with van der Waals surface area (Å²) in [6.45, 7) is 4.31. The van der Waals surface area contributed by atoms with Crippen molar-refractivity contribution in [3.8, 4) is 0 Å². The highest BCUT2D eigenvalue weighted by molar-refractivity contribution is 5.80. The zero-order chi connectivity index (χ0) is 14.1. The lowest BCUT2D eigenvalue weighted by molar-refractivity contribution is 0.0519. The standard InChI is InChI=1S/C18H24O2/c1-3-13-7-5-8-14(10-13)17(19)16-11-15-9-4-6-12(2)18(15)20-16/h4,6,9,11,13-14,17,19H,3,5,7-8,10H2,1-2H3. The fraction of sp³-hybridized carbons (Fsp3) is 0.556. The van der Waals surface area contributed by atoms with Crippen molar-refractivity contribution in [1.29, 1.82) is 0 Å². The Bertz CT molecular complexity index is 584. The van der Waals surface area contributed by atoms with Gasteiger partial charge in [-0.15, -0.1) is 0 Å². The summed E-state index contributed by atoms with van der Waals surface area (Å²) in [6.07, 6.45) is 5.58. The van der Waals surface area contributed by atoms with Crippen molar-refractivity contribution < 1.29 is 9.52 Å². The SMILES string of the molecule is CCC1CCCC(C(O)c2cc3cccc(C)c3o2)C1. The van der Waals surface area contributed by atoms with Gasteiger partial charge in [0.2, 0.25) is 0 Å². The predicted molar refractivity (Wildman–Crippen MR) is 81.6 cm³/mol. The molecule has 0 amide bonds. The van der Waals surface area contributed by atoms with Crippen LogP contribution in [-0.4, -0.2) is 5.11 Å². The van der Waals surface area contributed by atoms with Crippen LogP contribution in [0.1, 0.15) is 56.5 Å². The van der Waals surface area contributed by atoms with Crippen LogP contribution in [-0.2, 0) is 0 Å². The largest absolute Gasteiger partial charge is 0.458 e. The average Bonchev–Trinajstić information content (AvgIpc) is 2.92. The van der Waals surface area contributed by atoms with Crippen LogP contribution < -0.4 is 0 Å². The highest BCUT2D eigenvalue weighted by Crippen LogP contribution is 2.39. The number of rotatable bonds is 3. The van der Waals surface area contributed by atoms with E-state index in [9.17, 15) is 5.11 Å². The van der Waals surface area contributed by atoms with Crippen molar-refractivity contribution >= 4 is 11.0 Å². The first-order valence-corrected chi connectivity index (χ1v) is 7.86. The van der Waals surface area contributed by atoms with Gasteiger partial charge in [0.15, 0.2) is 0 Å². The first kappa shape index (κ1) is 13.7. The fourth-order valence-electron chi connectivity index (χ4n) is 3.60. The normalized spacial score (nSPS) is 24.9. The van der Waals surface area contributed by atoms with Crippen molar-refractivity contribution in [2.75, 3.05) is 0 Å². The maximum Gasteiger partial charge on any atom is 0.137 e. The summed E-state index contributed by atoms with van der Waals surface area (Å²) in [5.41, 5.74) is 2.06. The van der Waals surface area contributed by atoms with E-state index in [1.807, 2.05) is 12.1 Å². The minimum atomic E-state index is -0.448. The molecule has 0 aliphatic heterocycles. The van der Waals surface area contributed by atoms with E-state index >= 15 is 0 Å². The number of furan rings is 1. The van der Waals surface area contributed by atoms with Gasteiger partial charge < -0.3 is 9.52 Å². The Morgan fingerprint density at radius 2 is 2.20 bits per heavy atom. The Morgan fingerprint density at radius 3 is 2.95 bits per heavy atom. The number of fused-ring (bicyclic) bond motifs is 1. The van der Waals surface area contributed by atoms with Gasteiger partial charge >= 0.3 is 0 Å². The molecule has 108 valence electrons. The molecule has 1 heterocycles. The Hall–Kier alpha value is -1.28. The second-order valence-electron chi connectivity index (χ2n) is 6.29. The molecule has 0 saturated heterocycles. The van der Waals surface area contributed by atoms with Crippen molar-refractivity contribution in [2.24, 2.45) is 11.8 Å². The highest BCUT2D eigenvalue weighted by Gasteiger charge is 2.29. The van der Waals surface area contributed by atoms with Crippen LogP contribution in [0.15, 0.2) is 28.7 Å². The number of aliphatic hydroxyl groups excluding tert-OH is 1. The molecule has 0 spiro atoms. The van der Waals surface area contributed by atoms with E-state index in [4.69, 9.17) is 4.42 Å². The fourth-order valence-corrected chi connectivity index (χ4v) is 3.60. The van der Waals surface area contributed by atoms with Crippen LogP contribution in [0.5, 0.6) is 0 Å². The number of aryl methyl sites for hydroxylation is 1. The molecule has 3 unspecified atom stereocenters. The molecule has 1 aromatic heterocycles. The predicted octanol–water partition coefficient (Wildman–Crippen LogP) is 4.99. The summed E-state index contributed by atoms with van der Waals surface area (Å²) < 4.78 is 5.93. The van der Waals surface area contributed by atoms with Gasteiger partial charge in [0.25, 0.3) is 0 Å². The molecule has 2 aromatic rings. The monoisotopic (exact) mass is 272 g/mol. The Balaban J connectivity index is 1.84. The van der Waals surface area contributed by atoms with Crippen LogP contribution in [0.25, 0.3) is 11.0 Å². The lowest BCUT2D eigenvalue weighted by Gasteiger charge is -2.30. The van der Waals surface area contributed by atoms with Crippen LogP contribution >= 0.6 is 0 Å². The smallest absolute Gasteiger partial charge is 0.137 e. The second kappa shape index (κ2) is 5.61. The summed E-state index contributed by atoms with van der Waals surface area (Å²) in [5, 5.41) is 11.8. The molecular formula is C18H24O2. The second-order valence-corrected chi connectivity index (χ2v) is 6.29. The van der Waals surface area contributed by atoms with E-state index in [1.54, 1.807) is 0 Å². The summed E-state index contributed by atoms with van der Waals surface area (Å²) in [7, 11) is 0. The summed E-state index contributed by atoms with van der Waals surface area (Å²) in [5.74, 6) is 1.88. The van der Waals surface area contributed by atoms with E-state index in [2.05, 4.69) is 26.0 Å². The van der Waals surface area contributed by atoms with E-state index < -0.39 is 6.10 Å². The first-order valence-electron chi connectivity index (χ1n) is 7.86. The molecule has 1 aliphatic rings. The number of para-hydroxylation sites is 1. The summed E-state index contributed by atoms with van der Waals surface area (Å²) >= 11 is 0. The quantitative estimate of drug-likeness (QED) is 0.853. The number of aliphatic hydroxyl groups is 1. The Labute approximate surface area is 120 Å². The Kier molecular flexibility index (Phi) is 3.84. The highest BCUT2D eigenvalue weighted by atomic mass is 16.4. The van der Waals surface area contributed by atoms with E-state index in [-0.39, 0.29) is 0 Å². The number of hydrogen-bond acceptors (Lipinski definition) is 2. The van der Waals surface area contributed by atoms with Gasteiger partial charge in [-0.25, -0.2) is 0 Å².